The van der Waals surface area contributed by atoms with Crippen molar-refractivity contribution in [3.63, 3.8) is 0 Å². The van der Waals surface area contributed by atoms with Gasteiger partial charge in [-0.05, 0) is 37.1 Å². The normalized spacial score (nSPS) is 21.9. The van der Waals surface area contributed by atoms with Crippen molar-refractivity contribution in [2.75, 3.05) is 36.5 Å². The Morgan fingerprint density at radius 3 is 2.72 bits per heavy atom. The third-order valence-electron chi connectivity index (χ3n) is 5.80. The van der Waals surface area contributed by atoms with Crippen molar-refractivity contribution in [2.24, 2.45) is 0 Å². The number of aromatic nitrogens is 2. The third kappa shape index (κ3) is 3.15. The lowest BCUT2D eigenvalue weighted by Gasteiger charge is -2.29. The van der Waals surface area contributed by atoms with Crippen LogP contribution in [0.3, 0.4) is 0 Å². The van der Waals surface area contributed by atoms with E-state index in [0.29, 0.717) is 22.8 Å². The number of amides is 1. The van der Waals surface area contributed by atoms with Gasteiger partial charge >= 0.3 is 0 Å². The van der Waals surface area contributed by atoms with Gasteiger partial charge in [0.05, 0.1) is 16.8 Å². The van der Waals surface area contributed by atoms with Gasteiger partial charge in [0.15, 0.2) is 0 Å². The largest absolute Gasteiger partial charge is 0.360 e. The molecule has 5 rings (SSSR count). The molecule has 150 valence electrons. The summed E-state index contributed by atoms with van der Waals surface area (Å²) in [6.07, 6.45) is 6.37. The summed E-state index contributed by atoms with van der Waals surface area (Å²) in [5.74, 6) is 0.210. The molecule has 1 fully saturated rings. The van der Waals surface area contributed by atoms with Crippen LogP contribution < -0.4 is 9.80 Å². The summed E-state index contributed by atoms with van der Waals surface area (Å²) < 4.78 is 14.9. The van der Waals surface area contributed by atoms with Gasteiger partial charge in [-0.3, -0.25) is 9.78 Å². The van der Waals surface area contributed by atoms with Crippen LogP contribution in [0, 0.1) is 5.95 Å². The Bertz CT molecular complexity index is 976. The van der Waals surface area contributed by atoms with E-state index < -0.39 is 5.95 Å². The number of halogens is 1. The van der Waals surface area contributed by atoms with Gasteiger partial charge < -0.3 is 14.7 Å². The zero-order chi connectivity index (χ0) is 20.0. The van der Waals surface area contributed by atoms with Crippen LogP contribution in [0.25, 0.3) is 0 Å². The van der Waals surface area contributed by atoms with Crippen LogP contribution in [0.15, 0.2) is 47.3 Å². The molecular formula is C21H22FN5OS. The number of nitrogens with zero attached hydrogens (tertiary/aromatic N) is 5. The maximum absolute atomic E-state index is 14.9. The lowest BCUT2D eigenvalue weighted by atomic mass is 10.1. The maximum Gasteiger partial charge on any atom is 0.266 e. The number of hydrogen-bond donors (Lipinski definition) is 0. The fourth-order valence-electron chi connectivity index (χ4n) is 4.24. The number of thioether (sulfide) groups is 1. The molecule has 0 aromatic carbocycles. The predicted molar refractivity (Wildman–Crippen MR) is 112 cm³/mol. The van der Waals surface area contributed by atoms with Gasteiger partial charge in [0.25, 0.3) is 5.91 Å². The first-order valence-electron chi connectivity index (χ1n) is 9.89. The molecular weight excluding hydrogens is 389 g/mol. The number of carbonyl (C=O) groups is 1. The second-order valence-electron chi connectivity index (χ2n) is 7.52. The van der Waals surface area contributed by atoms with E-state index in [2.05, 4.69) is 14.9 Å². The summed E-state index contributed by atoms with van der Waals surface area (Å²) in [4.78, 5) is 28.1. The summed E-state index contributed by atoms with van der Waals surface area (Å²) in [7, 11) is 1.93. The lowest BCUT2D eigenvalue weighted by molar-refractivity contribution is -0.114. The number of carbonyl (C=O) groups excluding carboxylic acids is 1. The van der Waals surface area contributed by atoms with Gasteiger partial charge in [0.1, 0.15) is 11.2 Å². The number of pyridine rings is 2. The first-order valence-corrected chi connectivity index (χ1v) is 10.8. The fraction of sp³-hybridized carbons (Fsp3) is 0.381. The SMILES string of the molecule is CN1C2=C(SC1c1ccc(N3CCCC3)nc1F)C(=O)N(c1cccnc1)CC2. The highest BCUT2D eigenvalue weighted by Crippen LogP contribution is 2.50. The molecule has 29 heavy (non-hydrogen) atoms. The Kier molecular flexibility index (Phi) is 4.66. The maximum atomic E-state index is 14.9. The van der Waals surface area contributed by atoms with Gasteiger partial charge in [-0.25, -0.2) is 4.98 Å². The van der Waals surface area contributed by atoms with Crippen LogP contribution in [0.1, 0.15) is 30.2 Å². The molecule has 1 saturated heterocycles. The molecule has 0 bridgehead atoms. The average Bonchev–Trinajstić information content (AvgIpc) is 3.38. The Hall–Kier alpha value is -2.61. The Morgan fingerprint density at radius 2 is 2.00 bits per heavy atom. The van der Waals surface area contributed by atoms with E-state index in [-0.39, 0.29) is 11.3 Å². The molecule has 0 saturated carbocycles. The molecule has 1 atom stereocenters. The fourth-order valence-corrected chi connectivity index (χ4v) is 5.64. The highest BCUT2D eigenvalue weighted by atomic mass is 32.2. The molecule has 5 heterocycles. The second-order valence-corrected chi connectivity index (χ2v) is 8.61. The van der Waals surface area contributed by atoms with Crippen molar-refractivity contribution in [3.05, 3.63) is 58.8 Å². The predicted octanol–water partition coefficient (Wildman–Crippen LogP) is 3.54. The van der Waals surface area contributed by atoms with Crippen LogP contribution in [-0.4, -0.2) is 47.5 Å². The Balaban J connectivity index is 1.39. The van der Waals surface area contributed by atoms with E-state index >= 15 is 0 Å². The van der Waals surface area contributed by atoms with Crippen molar-refractivity contribution < 1.29 is 9.18 Å². The van der Waals surface area contributed by atoms with Gasteiger partial charge in [-0.1, -0.05) is 11.8 Å². The monoisotopic (exact) mass is 411 g/mol. The van der Waals surface area contributed by atoms with Crippen LogP contribution in [0.4, 0.5) is 15.9 Å². The third-order valence-corrected chi connectivity index (χ3v) is 7.24. The van der Waals surface area contributed by atoms with E-state index in [1.54, 1.807) is 17.3 Å². The summed E-state index contributed by atoms with van der Waals surface area (Å²) >= 11 is 1.41. The molecule has 3 aliphatic rings. The van der Waals surface area contributed by atoms with Crippen LogP contribution in [0.2, 0.25) is 0 Å². The second kappa shape index (κ2) is 7.33. The molecule has 2 aromatic heterocycles. The van der Waals surface area contributed by atoms with Crippen molar-refractivity contribution in [1.82, 2.24) is 14.9 Å². The highest BCUT2D eigenvalue weighted by Gasteiger charge is 2.40. The molecule has 6 nitrogen and oxygen atoms in total. The van der Waals surface area contributed by atoms with Crippen molar-refractivity contribution in [1.29, 1.82) is 0 Å². The first kappa shape index (κ1) is 18.4. The molecule has 0 aliphatic carbocycles. The van der Waals surface area contributed by atoms with E-state index in [1.807, 2.05) is 36.2 Å². The minimum Gasteiger partial charge on any atom is -0.360 e. The van der Waals surface area contributed by atoms with Gasteiger partial charge in [-0.2, -0.15) is 4.39 Å². The van der Waals surface area contributed by atoms with Crippen molar-refractivity contribution >= 4 is 29.2 Å². The molecule has 0 spiro atoms. The van der Waals surface area contributed by atoms with E-state index in [4.69, 9.17) is 0 Å². The molecule has 3 aliphatic heterocycles. The Morgan fingerprint density at radius 1 is 1.17 bits per heavy atom. The Labute approximate surface area is 173 Å². The molecule has 8 heteroatoms. The number of anilines is 2. The summed E-state index contributed by atoms with van der Waals surface area (Å²) in [6.45, 7) is 2.45. The summed E-state index contributed by atoms with van der Waals surface area (Å²) in [5, 5.41) is -0.280. The minimum absolute atomic E-state index is 0.0411. The number of rotatable bonds is 3. The van der Waals surface area contributed by atoms with E-state index in [9.17, 15) is 9.18 Å². The van der Waals surface area contributed by atoms with E-state index in [1.165, 1.54) is 11.8 Å². The molecule has 0 radical (unpaired) electrons. The average molecular weight is 412 g/mol. The van der Waals surface area contributed by atoms with Crippen LogP contribution in [-0.2, 0) is 4.79 Å². The smallest absolute Gasteiger partial charge is 0.266 e. The topological polar surface area (TPSA) is 52.6 Å². The zero-order valence-electron chi connectivity index (χ0n) is 16.2. The molecule has 1 unspecified atom stereocenters. The van der Waals surface area contributed by atoms with Crippen molar-refractivity contribution in [2.45, 2.75) is 24.6 Å². The van der Waals surface area contributed by atoms with Gasteiger partial charge in [-0.15, -0.1) is 0 Å². The summed E-state index contributed by atoms with van der Waals surface area (Å²) in [6, 6.07) is 7.44. The van der Waals surface area contributed by atoms with E-state index in [0.717, 1.165) is 43.7 Å². The summed E-state index contributed by atoms with van der Waals surface area (Å²) in [5.41, 5.74) is 2.29. The van der Waals surface area contributed by atoms with Crippen molar-refractivity contribution in [3.8, 4) is 0 Å². The standard InChI is InChI=1S/C21H22FN5OS/c1-25-16-8-12-27(14-5-4-9-23-13-14)20(28)18(16)29-21(25)15-6-7-17(24-19(15)22)26-10-2-3-11-26/h4-7,9,13,21H,2-3,8,10-12H2,1H3. The zero-order valence-corrected chi connectivity index (χ0v) is 17.0. The molecule has 2 aromatic rings. The minimum atomic E-state index is -0.449. The lowest BCUT2D eigenvalue weighted by Crippen LogP contribution is -2.37. The van der Waals surface area contributed by atoms with Crippen LogP contribution >= 0.6 is 11.8 Å². The van der Waals surface area contributed by atoms with Crippen LogP contribution in [0.5, 0.6) is 0 Å². The highest BCUT2D eigenvalue weighted by molar-refractivity contribution is 8.04. The first-order chi connectivity index (χ1) is 14.1. The van der Waals surface area contributed by atoms with Gasteiger partial charge in [0, 0.05) is 50.6 Å². The quantitative estimate of drug-likeness (QED) is 0.720. The van der Waals surface area contributed by atoms with Gasteiger partial charge in [0.2, 0.25) is 5.95 Å². The molecule has 1 amide bonds. The molecule has 0 N–H and O–H groups in total. The number of hydrogen-bond acceptors (Lipinski definition) is 6.